The van der Waals surface area contributed by atoms with Crippen LogP contribution in [0.15, 0.2) is 30.5 Å². The van der Waals surface area contributed by atoms with Crippen molar-refractivity contribution in [1.29, 1.82) is 5.26 Å². The van der Waals surface area contributed by atoms with Gasteiger partial charge in [0.25, 0.3) is 0 Å². The van der Waals surface area contributed by atoms with Gasteiger partial charge in [0.2, 0.25) is 0 Å². The molecule has 0 saturated heterocycles. The van der Waals surface area contributed by atoms with Crippen LogP contribution in [0.1, 0.15) is 31.2 Å². The molecular weight excluding hydrogens is 302 g/mol. The van der Waals surface area contributed by atoms with Crippen molar-refractivity contribution in [2.75, 3.05) is 12.4 Å². The number of nitrogens with zero attached hydrogens (tertiary/aromatic N) is 3. The highest BCUT2D eigenvalue weighted by Crippen LogP contribution is 2.33. The van der Waals surface area contributed by atoms with E-state index in [-0.39, 0.29) is 0 Å². The highest BCUT2D eigenvalue weighted by atomic mass is 16.5. The number of aromatic amines is 1. The van der Waals surface area contributed by atoms with Gasteiger partial charge in [-0.25, -0.2) is 9.50 Å². The van der Waals surface area contributed by atoms with Crippen molar-refractivity contribution >= 4 is 11.5 Å². The van der Waals surface area contributed by atoms with Crippen LogP contribution in [0.25, 0.3) is 16.9 Å². The Morgan fingerprint density at radius 3 is 2.71 bits per heavy atom. The molecule has 2 aromatic heterocycles. The molecule has 0 amide bonds. The third kappa shape index (κ3) is 2.38. The first-order valence-corrected chi connectivity index (χ1v) is 8.21. The summed E-state index contributed by atoms with van der Waals surface area (Å²) in [4.78, 5) is 4.72. The van der Waals surface area contributed by atoms with Gasteiger partial charge in [-0.1, -0.05) is 12.8 Å². The van der Waals surface area contributed by atoms with E-state index in [1.165, 1.54) is 25.7 Å². The minimum absolute atomic E-state index is 0.454. The number of fused-ring (bicyclic) bond motifs is 1. The fraction of sp³-hybridized carbons (Fsp3) is 0.333. The lowest BCUT2D eigenvalue weighted by molar-refractivity contribution is 0.415. The van der Waals surface area contributed by atoms with Crippen molar-refractivity contribution in [1.82, 2.24) is 14.6 Å². The molecule has 4 rings (SSSR count). The van der Waals surface area contributed by atoms with Gasteiger partial charge in [0.05, 0.1) is 7.11 Å². The summed E-state index contributed by atoms with van der Waals surface area (Å²) in [6.07, 6.45) is 6.54. The number of hydrogen-bond donors (Lipinski definition) is 2. The first-order chi connectivity index (χ1) is 11.8. The Bertz CT molecular complexity index is 894. The van der Waals surface area contributed by atoms with Crippen LogP contribution in [0.2, 0.25) is 0 Å². The van der Waals surface area contributed by atoms with E-state index in [1.807, 2.05) is 28.8 Å². The largest absolute Gasteiger partial charge is 0.497 e. The van der Waals surface area contributed by atoms with E-state index >= 15 is 0 Å². The number of nitriles is 1. The van der Waals surface area contributed by atoms with Crippen molar-refractivity contribution in [3.63, 3.8) is 0 Å². The average Bonchev–Trinajstić information content (AvgIpc) is 3.33. The second kappa shape index (κ2) is 5.93. The number of benzene rings is 1. The Morgan fingerprint density at radius 1 is 1.29 bits per heavy atom. The molecule has 0 bridgehead atoms. The van der Waals surface area contributed by atoms with E-state index in [1.54, 1.807) is 13.3 Å². The molecule has 0 radical (unpaired) electrons. The first-order valence-electron chi connectivity index (χ1n) is 8.21. The van der Waals surface area contributed by atoms with Gasteiger partial charge in [0, 0.05) is 17.8 Å². The zero-order chi connectivity index (χ0) is 16.5. The van der Waals surface area contributed by atoms with Crippen LogP contribution in [-0.4, -0.2) is 27.7 Å². The molecule has 0 aliphatic heterocycles. The van der Waals surface area contributed by atoms with Gasteiger partial charge in [-0.15, -0.1) is 0 Å². The number of hydrogen-bond acceptors (Lipinski definition) is 4. The molecule has 1 aromatic carbocycles. The predicted octanol–water partition coefficient (Wildman–Crippen LogP) is 3.56. The molecular formula is C18H19N5O. The van der Waals surface area contributed by atoms with Gasteiger partial charge >= 0.3 is 0 Å². The van der Waals surface area contributed by atoms with E-state index < -0.39 is 0 Å². The minimum atomic E-state index is 0.454. The van der Waals surface area contributed by atoms with Crippen LogP contribution >= 0.6 is 0 Å². The SMILES string of the molecule is COc1ccc(-c2nc3c(C#N)c[nH]n3c2NC2CCCC2)cc1. The average molecular weight is 321 g/mol. The number of aromatic nitrogens is 3. The number of anilines is 1. The molecule has 0 spiro atoms. The van der Waals surface area contributed by atoms with Gasteiger partial charge in [-0.05, 0) is 37.1 Å². The van der Waals surface area contributed by atoms with Gasteiger partial charge in [0.1, 0.15) is 23.1 Å². The number of nitrogens with one attached hydrogen (secondary N) is 2. The summed E-state index contributed by atoms with van der Waals surface area (Å²) >= 11 is 0. The molecule has 6 heteroatoms. The Morgan fingerprint density at radius 2 is 2.04 bits per heavy atom. The van der Waals surface area contributed by atoms with Gasteiger partial charge < -0.3 is 10.1 Å². The Kier molecular flexibility index (Phi) is 3.62. The van der Waals surface area contributed by atoms with Crippen LogP contribution in [-0.2, 0) is 0 Å². The Balaban J connectivity index is 1.82. The lowest BCUT2D eigenvalue weighted by Crippen LogP contribution is -2.16. The molecule has 1 saturated carbocycles. The highest BCUT2D eigenvalue weighted by Gasteiger charge is 2.22. The van der Waals surface area contributed by atoms with Crippen molar-refractivity contribution < 1.29 is 4.74 Å². The molecule has 2 N–H and O–H groups in total. The standard InChI is InChI=1S/C18H19N5O/c1-24-15-8-6-12(7-9-15)16-18(21-14-4-2-3-5-14)23-17(22-16)13(10-19)11-20-23/h6-9,11,14,20-21H,2-5H2,1H3. The second-order valence-electron chi connectivity index (χ2n) is 6.12. The lowest BCUT2D eigenvalue weighted by Gasteiger charge is -2.14. The number of rotatable bonds is 4. The van der Waals surface area contributed by atoms with Gasteiger partial charge in [-0.3, -0.25) is 5.10 Å². The summed E-state index contributed by atoms with van der Waals surface area (Å²) in [5.41, 5.74) is 3.05. The van der Waals surface area contributed by atoms with E-state index in [0.29, 0.717) is 17.3 Å². The molecule has 1 aliphatic carbocycles. The summed E-state index contributed by atoms with van der Waals surface area (Å²) < 4.78 is 7.10. The van der Waals surface area contributed by atoms with E-state index in [0.717, 1.165) is 22.8 Å². The van der Waals surface area contributed by atoms with Crippen LogP contribution < -0.4 is 10.1 Å². The van der Waals surface area contributed by atoms with Gasteiger partial charge in [-0.2, -0.15) is 5.26 Å². The number of methoxy groups -OCH3 is 1. The van der Waals surface area contributed by atoms with E-state index in [2.05, 4.69) is 16.5 Å². The summed E-state index contributed by atoms with van der Waals surface area (Å²) in [6, 6.07) is 10.5. The summed E-state index contributed by atoms with van der Waals surface area (Å²) in [7, 11) is 1.65. The fourth-order valence-corrected chi connectivity index (χ4v) is 3.35. The molecule has 122 valence electrons. The maximum absolute atomic E-state index is 9.29. The number of imidazole rings is 1. The molecule has 0 atom stereocenters. The van der Waals surface area contributed by atoms with Crippen LogP contribution in [0.3, 0.4) is 0 Å². The van der Waals surface area contributed by atoms with Crippen molar-refractivity contribution in [3.8, 4) is 23.1 Å². The van der Waals surface area contributed by atoms with Gasteiger partial charge in [0.15, 0.2) is 11.5 Å². The third-order valence-corrected chi connectivity index (χ3v) is 4.64. The molecule has 6 nitrogen and oxygen atoms in total. The third-order valence-electron chi connectivity index (χ3n) is 4.64. The van der Waals surface area contributed by atoms with Crippen LogP contribution in [0.4, 0.5) is 5.82 Å². The predicted molar refractivity (Wildman–Crippen MR) is 92.1 cm³/mol. The topological polar surface area (TPSA) is 78.1 Å². The quantitative estimate of drug-likeness (QED) is 0.770. The first kappa shape index (κ1) is 14.6. The summed E-state index contributed by atoms with van der Waals surface area (Å²) in [5.74, 6) is 1.73. The van der Waals surface area contributed by atoms with E-state index in [9.17, 15) is 5.26 Å². The zero-order valence-electron chi connectivity index (χ0n) is 13.5. The summed E-state index contributed by atoms with van der Waals surface area (Å²) in [5, 5.41) is 16.1. The van der Waals surface area contributed by atoms with Crippen molar-refractivity contribution in [3.05, 3.63) is 36.0 Å². The highest BCUT2D eigenvalue weighted by molar-refractivity contribution is 5.78. The fourth-order valence-electron chi connectivity index (χ4n) is 3.35. The Labute approximate surface area is 140 Å². The van der Waals surface area contributed by atoms with Crippen molar-refractivity contribution in [2.45, 2.75) is 31.7 Å². The van der Waals surface area contributed by atoms with Crippen LogP contribution in [0, 0.1) is 11.3 Å². The van der Waals surface area contributed by atoms with Crippen LogP contribution in [0.5, 0.6) is 5.75 Å². The summed E-state index contributed by atoms with van der Waals surface area (Å²) in [6.45, 7) is 0. The Hall–Kier alpha value is -2.94. The monoisotopic (exact) mass is 321 g/mol. The van der Waals surface area contributed by atoms with E-state index in [4.69, 9.17) is 9.72 Å². The molecule has 24 heavy (non-hydrogen) atoms. The smallest absolute Gasteiger partial charge is 0.173 e. The maximum atomic E-state index is 9.29. The minimum Gasteiger partial charge on any atom is -0.497 e. The zero-order valence-corrected chi connectivity index (χ0v) is 13.5. The lowest BCUT2D eigenvalue weighted by atomic mass is 10.1. The molecule has 3 aromatic rings. The second-order valence-corrected chi connectivity index (χ2v) is 6.12. The molecule has 2 heterocycles. The molecule has 1 fully saturated rings. The molecule has 0 unspecified atom stereocenters. The number of ether oxygens (including phenoxy) is 1. The normalized spacial score (nSPS) is 14.8. The van der Waals surface area contributed by atoms with Crippen molar-refractivity contribution in [2.24, 2.45) is 0 Å². The number of H-pyrrole nitrogens is 1. The maximum Gasteiger partial charge on any atom is 0.173 e. The molecule has 1 aliphatic rings.